The molecule has 0 saturated heterocycles. The molecule has 0 amide bonds. The van der Waals surface area contributed by atoms with E-state index < -0.39 is 5.97 Å². The Labute approximate surface area is 188 Å². The maximum Gasteiger partial charge on any atom is 0.358 e. The summed E-state index contributed by atoms with van der Waals surface area (Å²) in [5.74, 6) is 0.394. The minimum absolute atomic E-state index is 0.291. The van der Waals surface area contributed by atoms with Gasteiger partial charge in [0.15, 0.2) is 11.4 Å². The van der Waals surface area contributed by atoms with E-state index in [-0.39, 0.29) is 0 Å². The predicted molar refractivity (Wildman–Crippen MR) is 120 cm³/mol. The van der Waals surface area contributed by atoms with Crippen molar-refractivity contribution in [3.8, 4) is 11.5 Å². The number of ether oxygens (including phenoxy) is 2. The minimum Gasteiger partial charge on any atom is -0.464 e. The third-order valence-electron chi connectivity index (χ3n) is 4.65. The number of halogens is 3. The molecule has 0 saturated carbocycles. The van der Waals surface area contributed by atoms with Crippen LogP contribution in [0.15, 0.2) is 66.7 Å². The molecular formula is C23H16Cl3NO3. The van der Waals surface area contributed by atoms with E-state index in [0.717, 1.165) is 11.1 Å². The van der Waals surface area contributed by atoms with Crippen LogP contribution in [0.2, 0.25) is 15.1 Å². The van der Waals surface area contributed by atoms with E-state index >= 15 is 0 Å². The highest BCUT2D eigenvalue weighted by atomic mass is 35.5. The van der Waals surface area contributed by atoms with Crippen molar-refractivity contribution in [2.24, 2.45) is 0 Å². The highest BCUT2D eigenvalue weighted by Crippen LogP contribution is 2.39. The monoisotopic (exact) mass is 459 g/mol. The van der Waals surface area contributed by atoms with Gasteiger partial charge in [0.25, 0.3) is 0 Å². The van der Waals surface area contributed by atoms with Gasteiger partial charge in [-0.2, -0.15) is 0 Å². The van der Waals surface area contributed by atoms with E-state index in [1.165, 1.54) is 7.11 Å². The first-order valence-corrected chi connectivity index (χ1v) is 10.2. The van der Waals surface area contributed by atoms with Crippen molar-refractivity contribution in [3.63, 3.8) is 0 Å². The SMILES string of the molecule is COC(=O)c1c(Oc2ccc(Cl)cc2)c2cc(Cl)ccc2n1Cc1ccc(Cl)cc1. The van der Waals surface area contributed by atoms with Crippen LogP contribution in [-0.4, -0.2) is 17.6 Å². The van der Waals surface area contributed by atoms with Crippen LogP contribution in [-0.2, 0) is 11.3 Å². The zero-order valence-corrected chi connectivity index (χ0v) is 18.1. The molecule has 0 spiro atoms. The molecule has 1 aromatic heterocycles. The van der Waals surface area contributed by atoms with E-state index in [1.807, 2.05) is 34.9 Å². The summed E-state index contributed by atoms with van der Waals surface area (Å²) in [6, 6.07) is 19.7. The van der Waals surface area contributed by atoms with Gasteiger partial charge in [-0.1, -0.05) is 46.9 Å². The Balaban J connectivity index is 1.91. The van der Waals surface area contributed by atoms with Crippen molar-refractivity contribution in [3.05, 3.63) is 93.1 Å². The van der Waals surface area contributed by atoms with Crippen LogP contribution >= 0.6 is 34.8 Å². The summed E-state index contributed by atoms with van der Waals surface area (Å²) in [6.45, 7) is 0.420. The number of hydrogen-bond acceptors (Lipinski definition) is 3. The van der Waals surface area contributed by atoms with Crippen LogP contribution in [0.1, 0.15) is 16.1 Å². The van der Waals surface area contributed by atoms with Crippen molar-refractivity contribution in [2.45, 2.75) is 6.54 Å². The van der Waals surface area contributed by atoms with Gasteiger partial charge in [-0.3, -0.25) is 0 Å². The van der Waals surface area contributed by atoms with Crippen molar-refractivity contribution >= 4 is 51.7 Å². The quantitative estimate of drug-likeness (QED) is 0.295. The van der Waals surface area contributed by atoms with Gasteiger partial charge >= 0.3 is 5.97 Å². The van der Waals surface area contributed by atoms with Crippen LogP contribution in [0.4, 0.5) is 0 Å². The molecule has 0 aliphatic heterocycles. The van der Waals surface area contributed by atoms with Gasteiger partial charge in [-0.15, -0.1) is 0 Å². The van der Waals surface area contributed by atoms with Crippen LogP contribution in [0, 0.1) is 0 Å². The van der Waals surface area contributed by atoms with Crippen molar-refractivity contribution in [1.29, 1.82) is 0 Å². The molecule has 1 heterocycles. The number of nitrogens with zero attached hydrogens (tertiary/aromatic N) is 1. The van der Waals surface area contributed by atoms with Gasteiger partial charge in [0.05, 0.1) is 12.6 Å². The minimum atomic E-state index is -0.514. The Hall–Kier alpha value is -2.66. The average Bonchev–Trinajstić information content (AvgIpc) is 3.03. The Bertz CT molecular complexity index is 1220. The molecule has 4 aromatic rings. The van der Waals surface area contributed by atoms with E-state index in [4.69, 9.17) is 44.3 Å². The highest BCUT2D eigenvalue weighted by molar-refractivity contribution is 6.31. The number of aromatic nitrogens is 1. The summed E-state index contributed by atoms with van der Waals surface area (Å²) < 4.78 is 13.1. The highest BCUT2D eigenvalue weighted by Gasteiger charge is 2.26. The van der Waals surface area contributed by atoms with E-state index in [1.54, 1.807) is 36.4 Å². The summed E-state index contributed by atoms with van der Waals surface area (Å²) in [5.41, 5.74) is 2.05. The normalized spacial score (nSPS) is 10.9. The maximum absolute atomic E-state index is 12.8. The number of carbonyl (C=O) groups is 1. The Morgan fingerprint density at radius 3 is 2.10 bits per heavy atom. The molecule has 0 atom stereocenters. The molecule has 0 unspecified atom stereocenters. The first-order chi connectivity index (χ1) is 14.5. The lowest BCUT2D eigenvalue weighted by molar-refractivity contribution is 0.0586. The summed E-state index contributed by atoms with van der Waals surface area (Å²) in [4.78, 5) is 12.8. The molecule has 152 valence electrons. The zero-order chi connectivity index (χ0) is 21.3. The second kappa shape index (κ2) is 8.60. The van der Waals surface area contributed by atoms with Gasteiger partial charge in [0, 0.05) is 27.0 Å². The number of carbonyl (C=O) groups excluding carboxylic acids is 1. The van der Waals surface area contributed by atoms with Crippen LogP contribution < -0.4 is 4.74 Å². The fourth-order valence-corrected chi connectivity index (χ4v) is 3.68. The Kier molecular flexibility index (Phi) is 5.91. The molecule has 0 radical (unpaired) electrons. The van der Waals surface area contributed by atoms with E-state index in [2.05, 4.69) is 0 Å². The molecule has 4 rings (SSSR count). The van der Waals surface area contributed by atoms with Gasteiger partial charge in [0.1, 0.15) is 5.75 Å². The lowest BCUT2D eigenvalue weighted by Gasteiger charge is -2.11. The smallest absolute Gasteiger partial charge is 0.358 e. The number of benzene rings is 3. The second-order valence-electron chi connectivity index (χ2n) is 6.60. The van der Waals surface area contributed by atoms with E-state index in [0.29, 0.717) is 44.2 Å². The number of rotatable bonds is 5. The van der Waals surface area contributed by atoms with Gasteiger partial charge in [-0.05, 0) is 60.2 Å². The lowest BCUT2D eigenvalue weighted by Crippen LogP contribution is -2.12. The average molecular weight is 461 g/mol. The topological polar surface area (TPSA) is 40.5 Å². The third-order valence-corrected chi connectivity index (χ3v) is 5.38. The number of methoxy groups -OCH3 is 1. The fraction of sp³-hybridized carbons (Fsp3) is 0.0870. The Morgan fingerprint density at radius 2 is 1.47 bits per heavy atom. The molecule has 4 nitrogen and oxygen atoms in total. The van der Waals surface area contributed by atoms with E-state index in [9.17, 15) is 4.79 Å². The first kappa shape index (κ1) is 20.6. The maximum atomic E-state index is 12.8. The Morgan fingerprint density at radius 1 is 0.867 bits per heavy atom. The van der Waals surface area contributed by atoms with Crippen molar-refractivity contribution < 1.29 is 14.3 Å². The third kappa shape index (κ3) is 4.12. The molecule has 0 N–H and O–H groups in total. The molecule has 0 aliphatic rings. The van der Waals surface area contributed by atoms with Crippen molar-refractivity contribution in [2.75, 3.05) is 7.11 Å². The molecule has 0 fully saturated rings. The predicted octanol–water partition coefficient (Wildman–Crippen LogP) is 7.23. The molecule has 0 aliphatic carbocycles. The molecule has 3 aromatic carbocycles. The molecule has 30 heavy (non-hydrogen) atoms. The number of hydrogen-bond donors (Lipinski definition) is 0. The first-order valence-electron chi connectivity index (χ1n) is 9.04. The van der Waals surface area contributed by atoms with Gasteiger partial charge < -0.3 is 14.0 Å². The fourth-order valence-electron chi connectivity index (χ4n) is 3.26. The standard InChI is InChI=1S/C23H16Cl3NO3/c1-29-23(28)21-22(30-18-9-6-16(25)7-10-18)19-12-17(26)8-11-20(19)27(21)13-14-2-4-15(24)5-3-14/h2-12H,13H2,1H3. The molecule has 0 bridgehead atoms. The zero-order valence-electron chi connectivity index (χ0n) is 15.9. The van der Waals surface area contributed by atoms with Crippen LogP contribution in [0.3, 0.4) is 0 Å². The van der Waals surface area contributed by atoms with Crippen molar-refractivity contribution in [1.82, 2.24) is 4.57 Å². The molecular weight excluding hydrogens is 445 g/mol. The summed E-state index contributed by atoms with van der Waals surface area (Å²) in [6.07, 6.45) is 0. The largest absolute Gasteiger partial charge is 0.464 e. The summed E-state index contributed by atoms with van der Waals surface area (Å²) in [7, 11) is 1.34. The number of esters is 1. The van der Waals surface area contributed by atoms with Crippen LogP contribution in [0.5, 0.6) is 11.5 Å². The lowest BCUT2D eigenvalue weighted by atomic mass is 10.2. The molecule has 7 heteroatoms. The van der Waals surface area contributed by atoms with Crippen LogP contribution in [0.25, 0.3) is 10.9 Å². The summed E-state index contributed by atoms with van der Waals surface area (Å²) in [5, 5.41) is 2.46. The van der Waals surface area contributed by atoms with Gasteiger partial charge in [0.2, 0.25) is 0 Å². The number of fused-ring (bicyclic) bond motifs is 1. The second-order valence-corrected chi connectivity index (χ2v) is 7.91. The van der Waals surface area contributed by atoms with Gasteiger partial charge in [-0.25, -0.2) is 4.79 Å². The summed E-state index contributed by atoms with van der Waals surface area (Å²) >= 11 is 18.2.